The van der Waals surface area contributed by atoms with Crippen molar-refractivity contribution in [2.45, 2.75) is 18.9 Å². The molecule has 3 rings (SSSR count). The fraction of sp³-hybridized carbons (Fsp3) is 0.421. The van der Waals surface area contributed by atoms with Gasteiger partial charge in [0.2, 0.25) is 0 Å². The van der Waals surface area contributed by atoms with E-state index < -0.39 is 0 Å². The molecule has 7 heteroatoms. The first kappa shape index (κ1) is 18.1. The summed E-state index contributed by atoms with van der Waals surface area (Å²) in [4.78, 5) is 28.9. The number of carbonyl (C=O) groups excluding carboxylic acids is 1. The van der Waals surface area contributed by atoms with Gasteiger partial charge in [-0.1, -0.05) is 6.07 Å². The van der Waals surface area contributed by atoms with Crippen molar-refractivity contribution in [3.8, 4) is 5.75 Å². The lowest BCUT2D eigenvalue weighted by atomic mass is 9.87. The fourth-order valence-corrected chi connectivity index (χ4v) is 3.25. The molecule has 7 nitrogen and oxygen atoms in total. The molecule has 1 aliphatic rings. The topological polar surface area (TPSA) is 82.5 Å². The van der Waals surface area contributed by atoms with E-state index in [1.807, 2.05) is 12.1 Å². The molecule has 1 atom stereocenters. The first-order valence-electron chi connectivity index (χ1n) is 8.63. The molecule has 1 amide bonds. The maximum absolute atomic E-state index is 13.0. The molecule has 0 spiro atoms. The third-order valence-electron chi connectivity index (χ3n) is 4.72. The Labute approximate surface area is 152 Å². The van der Waals surface area contributed by atoms with Crippen molar-refractivity contribution in [3.05, 3.63) is 58.3 Å². The summed E-state index contributed by atoms with van der Waals surface area (Å²) in [6, 6.07) is 4.97. The maximum Gasteiger partial charge on any atom is 0.257 e. The molecule has 26 heavy (non-hydrogen) atoms. The lowest BCUT2D eigenvalue weighted by Crippen LogP contribution is -2.36. The van der Waals surface area contributed by atoms with Gasteiger partial charge in [0, 0.05) is 44.9 Å². The van der Waals surface area contributed by atoms with Crippen LogP contribution in [0.3, 0.4) is 0 Å². The van der Waals surface area contributed by atoms with Gasteiger partial charge in [-0.15, -0.1) is 0 Å². The second-order valence-corrected chi connectivity index (χ2v) is 6.39. The molecule has 0 aliphatic carbocycles. The van der Waals surface area contributed by atoms with E-state index in [1.165, 1.54) is 23.9 Å². The van der Waals surface area contributed by atoms with Gasteiger partial charge in [-0.2, -0.15) is 0 Å². The van der Waals surface area contributed by atoms with Crippen LogP contribution in [0.15, 0.2) is 41.6 Å². The summed E-state index contributed by atoms with van der Waals surface area (Å²) < 4.78 is 12.0. The van der Waals surface area contributed by atoms with E-state index in [0.717, 1.165) is 18.4 Å². The molecule has 0 aromatic carbocycles. The lowest BCUT2D eigenvalue weighted by Gasteiger charge is -2.31. The number of nitrogens with one attached hydrogen (secondary N) is 1. The first-order valence-corrected chi connectivity index (χ1v) is 8.63. The molecular formula is C19H23N3O4. The van der Waals surface area contributed by atoms with Crippen LogP contribution in [0, 0.1) is 5.92 Å². The number of ether oxygens (including phenoxy) is 2. The van der Waals surface area contributed by atoms with Gasteiger partial charge in [-0.25, -0.2) is 0 Å². The molecule has 1 saturated heterocycles. The molecule has 0 saturated carbocycles. The average molecular weight is 357 g/mol. The van der Waals surface area contributed by atoms with Gasteiger partial charge in [0.05, 0.1) is 18.7 Å². The molecule has 138 valence electrons. The van der Waals surface area contributed by atoms with E-state index >= 15 is 0 Å². The number of aryl methyl sites for hydroxylation is 1. The van der Waals surface area contributed by atoms with Crippen LogP contribution in [0.4, 0.5) is 0 Å². The van der Waals surface area contributed by atoms with Crippen molar-refractivity contribution in [2.75, 3.05) is 20.3 Å². The number of pyridine rings is 2. The number of rotatable bonds is 5. The van der Waals surface area contributed by atoms with Crippen molar-refractivity contribution >= 4 is 5.91 Å². The van der Waals surface area contributed by atoms with Crippen molar-refractivity contribution in [3.63, 3.8) is 0 Å². The van der Waals surface area contributed by atoms with Crippen molar-refractivity contribution < 1.29 is 14.3 Å². The number of hydrogen-bond donors (Lipinski definition) is 1. The number of methoxy groups -OCH3 is 1. The van der Waals surface area contributed by atoms with Crippen molar-refractivity contribution in [1.29, 1.82) is 0 Å². The third kappa shape index (κ3) is 3.94. The van der Waals surface area contributed by atoms with Crippen LogP contribution < -0.4 is 15.6 Å². The zero-order valence-corrected chi connectivity index (χ0v) is 15.0. The van der Waals surface area contributed by atoms with Crippen molar-refractivity contribution in [1.82, 2.24) is 14.9 Å². The van der Waals surface area contributed by atoms with Crippen LogP contribution in [0.5, 0.6) is 5.75 Å². The Morgan fingerprint density at radius 3 is 2.85 bits per heavy atom. The lowest BCUT2D eigenvalue weighted by molar-refractivity contribution is 0.0513. The predicted molar refractivity (Wildman–Crippen MR) is 96.2 cm³/mol. The number of aromatic nitrogens is 2. The SMILES string of the molecule is COc1cc(=O)n(C)cc1C(=O)N[C@H](c1cccnc1)C1CCOCC1. The minimum Gasteiger partial charge on any atom is -0.496 e. The molecular weight excluding hydrogens is 334 g/mol. The van der Waals surface area contributed by atoms with Gasteiger partial charge in [-0.05, 0) is 30.4 Å². The van der Waals surface area contributed by atoms with Gasteiger partial charge in [0.25, 0.3) is 11.5 Å². The van der Waals surface area contributed by atoms with Gasteiger partial charge in [0.15, 0.2) is 0 Å². The normalized spacial score (nSPS) is 16.1. The van der Waals surface area contributed by atoms with Gasteiger partial charge >= 0.3 is 0 Å². The molecule has 2 aromatic heterocycles. The highest BCUT2D eigenvalue weighted by Gasteiger charge is 2.28. The van der Waals surface area contributed by atoms with Crippen LogP contribution >= 0.6 is 0 Å². The number of hydrogen-bond acceptors (Lipinski definition) is 5. The highest BCUT2D eigenvalue weighted by atomic mass is 16.5. The Hall–Kier alpha value is -2.67. The molecule has 0 radical (unpaired) electrons. The number of nitrogens with zero attached hydrogens (tertiary/aromatic N) is 2. The summed E-state index contributed by atoms with van der Waals surface area (Å²) in [5, 5.41) is 3.11. The zero-order valence-electron chi connectivity index (χ0n) is 15.0. The van der Waals surface area contributed by atoms with E-state index in [9.17, 15) is 9.59 Å². The second-order valence-electron chi connectivity index (χ2n) is 6.39. The summed E-state index contributed by atoms with van der Waals surface area (Å²) >= 11 is 0. The smallest absolute Gasteiger partial charge is 0.257 e. The van der Waals surface area contributed by atoms with Crippen molar-refractivity contribution in [2.24, 2.45) is 13.0 Å². The molecule has 0 unspecified atom stereocenters. The van der Waals surface area contributed by atoms with Gasteiger partial charge < -0.3 is 19.4 Å². The minimum absolute atomic E-state index is 0.179. The van der Waals surface area contributed by atoms with Crippen LogP contribution in [-0.2, 0) is 11.8 Å². The van der Waals surface area contributed by atoms with Crippen LogP contribution in [0.25, 0.3) is 0 Å². The fourth-order valence-electron chi connectivity index (χ4n) is 3.25. The molecule has 1 fully saturated rings. The summed E-state index contributed by atoms with van der Waals surface area (Å²) in [5.41, 5.74) is 1.05. The Bertz CT molecular complexity index is 813. The Balaban J connectivity index is 1.90. The highest BCUT2D eigenvalue weighted by molar-refractivity contribution is 5.96. The molecule has 1 aliphatic heterocycles. The van der Waals surface area contributed by atoms with Crippen LogP contribution in [-0.4, -0.2) is 35.8 Å². The van der Waals surface area contributed by atoms with Crippen LogP contribution in [0.2, 0.25) is 0 Å². The predicted octanol–water partition coefficient (Wildman–Crippen LogP) is 1.69. The number of amides is 1. The second kappa shape index (κ2) is 8.14. The van der Waals surface area contributed by atoms with E-state index in [1.54, 1.807) is 19.4 Å². The molecule has 0 bridgehead atoms. The maximum atomic E-state index is 13.0. The first-order chi connectivity index (χ1) is 12.6. The average Bonchev–Trinajstić information content (AvgIpc) is 2.69. The monoisotopic (exact) mass is 357 g/mol. The largest absolute Gasteiger partial charge is 0.496 e. The van der Waals surface area contributed by atoms with Gasteiger partial charge in [-0.3, -0.25) is 14.6 Å². The zero-order chi connectivity index (χ0) is 18.5. The third-order valence-corrected chi connectivity index (χ3v) is 4.72. The Morgan fingerprint density at radius 1 is 1.42 bits per heavy atom. The summed E-state index contributed by atoms with van der Waals surface area (Å²) in [6.45, 7) is 1.36. The Morgan fingerprint density at radius 2 is 2.19 bits per heavy atom. The summed E-state index contributed by atoms with van der Waals surface area (Å²) in [6.07, 6.45) is 6.72. The summed E-state index contributed by atoms with van der Waals surface area (Å²) in [7, 11) is 3.05. The standard InChI is InChI=1S/C19H23N3O4/c1-22-12-15(16(25-2)10-17(22)23)19(24)21-18(13-5-8-26-9-6-13)14-4-3-7-20-11-14/h3-4,7,10-13,18H,5-6,8-9H2,1-2H3,(H,21,24)/t18-/m0/s1. The Kier molecular flexibility index (Phi) is 5.68. The van der Waals surface area contributed by atoms with Crippen LogP contribution in [0.1, 0.15) is 34.8 Å². The quantitative estimate of drug-likeness (QED) is 0.880. The van der Waals surface area contributed by atoms with E-state index in [2.05, 4.69) is 10.3 Å². The summed E-state index contributed by atoms with van der Waals surface area (Å²) in [5.74, 6) is 0.246. The molecule has 1 N–H and O–H groups in total. The highest BCUT2D eigenvalue weighted by Crippen LogP contribution is 2.30. The number of carbonyl (C=O) groups is 1. The van der Waals surface area contributed by atoms with Gasteiger partial charge in [0.1, 0.15) is 5.75 Å². The molecule has 2 aromatic rings. The van der Waals surface area contributed by atoms with E-state index in [4.69, 9.17) is 9.47 Å². The minimum atomic E-state index is -0.280. The molecule has 3 heterocycles. The van der Waals surface area contributed by atoms with E-state index in [0.29, 0.717) is 18.8 Å². The van der Waals surface area contributed by atoms with E-state index in [-0.39, 0.29) is 29.2 Å².